The summed E-state index contributed by atoms with van der Waals surface area (Å²) in [6, 6.07) is 18.4. The quantitative estimate of drug-likeness (QED) is 0.478. The van der Waals surface area contributed by atoms with Gasteiger partial charge in [-0.3, -0.25) is 4.79 Å². The number of carbonyl (C=O) groups excluding carboxylic acids is 1. The van der Waals surface area contributed by atoms with E-state index >= 15 is 0 Å². The topological polar surface area (TPSA) is 63.7 Å². The first-order valence-electron chi connectivity index (χ1n) is 10.1. The van der Waals surface area contributed by atoms with Gasteiger partial charge in [0.25, 0.3) is 0 Å². The Hall–Kier alpha value is -2.74. The van der Waals surface area contributed by atoms with Crippen LogP contribution in [0, 0.1) is 5.82 Å². The Balaban J connectivity index is 1.59. The van der Waals surface area contributed by atoms with Gasteiger partial charge in [-0.25, -0.2) is 12.8 Å². The van der Waals surface area contributed by atoms with E-state index in [0.717, 1.165) is 28.8 Å². The minimum Gasteiger partial charge on any atom is -0.461 e. The van der Waals surface area contributed by atoms with E-state index in [1.807, 2.05) is 24.3 Å². The molecule has 1 heterocycles. The largest absolute Gasteiger partial charge is 0.461 e. The molecule has 166 valence electrons. The van der Waals surface area contributed by atoms with Crippen molar-refractivity contribution in [2.45, 2.75) is 30.4 Å². The highest BCUT2D eigenvalue weighted by Gasteiger charge is 2.37. The van der Waals surface area contributed by atoms with Crippen LogP contribution in [0.5, 0.6) is 0 Å². The van der Waals surface area contributed by atoms with Crippen LogP contribution in [0.3, 0.4) is 0 Å². The number of fused-ring (bicyclic) bond motifs is 1. The molecule has 0 fully saturated rings. The number of nitrogens with zero attached hydrogens (tertiary/aromatic N) is 1. The van der Waals surface area contributed by atoms with Crippen molar-refractivity contribution in [1.29, 1.82) is 0 Å². The molecule has 5 nitrogen and oxygen atoms in total. The van der Waals surface area contributed by atoms with E-state index in [0.29, 0.717) is 11.4 Å². The molecule has 1 aliphatic rings. The molecule has 3 aromatic rings. The smallest absolute Gasteiger partial charge is 0.308 e. The Morgan fingerprint density at radius 2 is 1.81 bits per heavy atom. The predicted molar refractivity (Wildman–Crippen MR) is 119 cm³/mol. The molecule has 0 amide bonds. The summed E-state index contributed by atoms with van der Waals surface area (Å²) in [6.07, 6.45) is 0.378. The maximum atomic E-state index is 13.4. The molecule has 3 aromatic carbocycles. The third kappa shape index (κ3) is 4.85. The Morgan fingerprint density at radius 3 is 2.56 bits per heavy atom. The van der Waals surface area contributed by atoms with Crippen molar-refractivity contribution in [3.63, 3.8) is 0 Å². The highest BCUT2D eigenvalue weighted by molar-refractivity contribution is 7.89. The Labute approximate surface area is 191 Å². The molecule has 0 radical (unpaired) electrons. The van der Waals surface area contributed by atoms with Gasteiger partial charge in [0.15, 0.2) is 0 Å². The van der Waals surface area contributed by atoms with E-state index in [4.69, 9.17) is 16.3 Å². The zero-order valence-electron chi connectivity index (χ0n) is 17.1. The molecule has 0 aromatic heterocycles. The second-order valence-corrected chi connectivity index (χ2v) is 9.86. The molecule has 0 bridgehead atoms. The van der Waals surface area contributed by atoms with Gasteiger partial charge in [0.05, 0.1) is 17.4 Å². The molecule has 32 heavy (non-hydrogen) atoms. The second kappa shape index (κ2) is 9.40. The van der Waals surface area contributed by atoms with Gasteiger partial charge in [0, 0.05) is 11.6 Å². The molecule has 0 saturated carbocycles. The standard InChI is InChI=1S/C24H21ClFNO4S/c25-19-6-3-4-17(14-19)16-31-24(28)15-23-22-7-2-1-5-18(22)12-13-27(23)32(29,30)21-10-8-20(26)9-11-21/h1-11,14,23H,12-13,15-16H2. The third-order valence-electron chi connectivity index (χ3n) is 5.43. The van der Waals surface area contributed by atoms with Crippen LogP contribution in [0.4, 0.5) is 4.39 Å². The zero-order valence-corrected chi connectivity index (χ0v) is 18.7. The monoisotopic (exact) mass is 473 g/mol. The molecule has 4 rings (SSSR count). The summed E-state index contributed by atoms with van der Waals surface area (Å²) in [5, 5.41) is 0.538. The molecular weight excluding hydrogens is 453 g/mol. The van der Waals surface area contributed by atoms with Gasteiger partial charge in [-0.05, 0) is 59.5 Å². The van der Waals surface area contributed by atoms with E-state index < -0.39 is 27.9 Å². The lowest BCUT2D eigenvalue weighted by atomic mass is 9.92. The average Bonchev–Trinajstić information content (AvgIpc) is 2.78. The number of rotatable bonds is 6. The van der Waals surface area contributed by atoms with Gasteiger partial charge in [0.1, 0.15) is 12.4 Å². The van der Waals surface area contributed by atoms with E-state index in [1.54, 1.807) is 24.3 Å². The van der Waals surface area contributed by atoms with Gasteiger partial charge < -0.3 is 4.74 Å². The fourth-order valence-electron chi connectivity index (χ4n) is 3.88. The summed E-state index contributed by atoms with van der Waals surface area (Å²) < 4.78 is 46.8. The van der Waals surface area contributed by atoms with Crippen LogP contribution in [0.15, 0.2) is 77.7 Å². The van der Waals surface area contributed by atoms with Crippen molar-refractivity contribution in [1.82, 2.24) is 4.31 Å². The number of esters is 1. The molecule has 1 unspecified atom stereocenters. The first-order chi connectivity index (χ1) is 15.3. The zero-order chi connectivity index (χ0) is 22.7. The van der Waals surface area contributed by atoms with Crippen LogP contribution in [0.1, 0.15) is 29.2 Å². The van der Waals surface area contributed by atoms with Crippen LogP contribution < -0.4 is 0 Å². The molecule has 1 aliphatic heterocycles. The Bertz CT molecular complexity index is 1230. The highest BCUT2D eigenvalue weighted by Crippen LogP contribution is 2.36. The normalized spacial score (nSPS) is 16.4. The van der Waals surface area contributed by atoms with Crippen LogP contribution in [0.25, 0.3) is 0 Å². The summed E-state index contributed by atoms with van der Waals surface area (Å²) >= 11 is 5.97. The van der Waals surface area contributed by atoms with Gasteiger partial charge in [0.2, 0.25) is 10.0 Å². The van der Waals surface area contributed by atoms with Crippen molar-refractivity contribution < 1.29 is 22.3 Å². The first kappa shape index (κ1) is 22.5. The number of ether oxygens (including phenoxy) is 1. The summed E-state index contributed by atoms with van der Waals surface area (Å²) in [5.74, 6) is -1.04. The lowest BCUT2D eigenvalue weighted by Gasteiger charge is -2.36. The molecule has 0 saturated heterocycles. The number of sulfonamides is 1. The summed E-state index contributed by atoms with van der Waals surface area (Å²) in [4.78, 5) is 12.7. The van der Waals surface area contributed by atoms with E-state index in [-0.39, 0.29) is 24.5 Å². The van der Waals surface area contributed by atoms with Gasteiger partial charge in [-0.2, -0.15) is 4.31 Å². The number of halogens is 2. The Kier molecular flexibility index (Phi) is 6.60. The number of hydrogen-bond donors (Lipinski definition) is 0. The number of benzene rings is 3. The van der Waals surface area contributed by atoms with Gasteiger partial charge in [-0.1, -0.05) is 48.0 Å². The van der Waals surface area contributed by atoms with Crippen LogP contribution in [-0.2, 0) is 32.6 Å². The van der Waals surface area contributed by atoms with Crippen molar-refractivity contribution in [2.24, 2.45) is 0 Å². The van der Waals surface area contributed by atoms with Gasteiger partial charge >= 0.3 is 5.97 Å². The van der Waals surface area contributed by atoms with Crippen LogP contribution in [0.2, 0.25) is 5.02 Å². The maximum absolute atomic E-state index is 13.4. The highest BCUT2D eigenvalue weighted by atomic mass is 35.5. The van der Waals surface area contributed by atoms with E-state index in [9.17, 15) is 17.6 Å². The molecule has 0 N–H and O–H groups in total. The van der Waals surface area contributed by atoms with Gasteiger partial charge in [-0.15, -0.1) is 0 Å². The summed E-state index contributed by atoms with van der Waals surface area (Å²) in [5.41, 5.74) is 2.50. The summed E-state index contributed by atoms with van der Waals surface area (Å²) in [7, 11) is -3.95. The molecule has 0 aliphatic carbocycles. The second-order valence-electron chi connectivity index (χ2n) is 7.53. The SMILES string of the molecule is O=C(CC1c2ccccc2CCN1S(=O)(=O)c1ccc(F)cc1)OCc1cccc(Cl)c1. The number of carbonyl (C=O) groups is 1. The average molecular weight is 474 g/mol. The Morgan fingerprint density at radius 1 is 1.06 bits per heavy atom. The minimum absolute atomic E-state index is 0.0180. The van der Waals surface area contributed by atoms with E-state index in [1.165, 1.54) is 16.4 Å². The molecule has 0 spiro atoms. The van der Waals surface area contributed by atoms with Crippen molar-refractivity contribution in [3.05, 3.63) is 100 Å². The predicted octanol–water partition coefficient (Wildman–Crippen LogP) is 4.90. The maximum Gasteiger partial charge on any atom is 0.308 e. The van der Waals surface area contributed by atoms with E-state index in [2.05, 4.69) is 0 Å². The first-order valence-corrected chi connectivity index (χ1v) is 11.9. The number of hydrogen-bond acceptors (Lipinski definition) is 4. The van der Waals surface area contributed by atoms with Crippen molar-refractivity contribution in [3.8, 4) is 0 Å². The molecular formula is C24H21ClFNO4S. The van der Waals surface area contributed by atoms with Crippen molar-refractivity contribution in [2.75, 3.05) is 6.54 Å². The third-order valence-corrected chi connectivity index (χ3v) is 7.59. The lowest BCUT2D eigenvalue weighted by Crippen LogP contribution is -2.41. The van der Waals surface area contributed by atoms with Crippen molar-refractivity contribution >= 4 is 27.6 Å². The summed E-state index contributed by atoms with van der Waals surface area (Å²) in [6.45, 7) is 0.251. The molecule has 1 atom stereocenters. The fourth-order valence-corrected chi connectivity index (χ4v) is 5.70. The fraction of sp³-hybridized carbons (Fsp3) is 0.208. The van der Waals surface area contributed by atoms with Crippen LogP contribution in [-0.4, -0.2) is 25.2 Å². The lowest BCUT2D eigenvalue weighted by molar-refractivity contribution is -0.146. The minimum atomic E-state index is -3.95. The van der Waals surface area contributed by atoms with Crippen LogP contribution >= 0.6 is 11.6 Å². The molecule has 8 heteroatoms.